The van der Waals surface area contributed by atoms with Gasteiger partial charge in [-0.1, -0.05) is 19.1 Å². The van der Waals surface area contributed by atoms with Gasteiger partial charge < -0.3 is 15.8 Å². The largest absolute Gasteiger partial charge is 0.496 e. The molecular formula is C16H20BrN3O. The number of anilines is 1. The Morgan fingerprint density at radius 2 is 2.19 bits per heavy atom. The molecule has 0 saturated carbocycles. The zero-order valence-electron chi connectivity index (χ0n) is 12.3. The van der Waals surface area contributed by atoms with Crippen LogP contribution >= 0.6 is 15.9 Å². The molecule has 2 rings (SSSR count). The average Bonchev–Trinajstić information content (AvgIpc) is 2.49. The molecule has 1 aromatic carbocycles. The lowest BCUT2D eigenvalue weighted by Crippen LogP contribution is -2.24. The van der Waals surface area contributed by atoms with Gasteiger partial charge in [-0.05, 0) is 52.7 Å². The fourth-order valence-corrected chi connectivity index (χ4v) is 2.79. The van der Waals surface area contributed by atoms with Gasteiger partial charge >= 0.3 is 0 Å². The third-order valence-corrected chi connectivity index (χ3v) is 3.91. The Morgan fingerprint density at radius 3 is 2.81 bits per heavy atom. The van der Waals surface area contributed by atoms with Gasteiger partial charge in [-0.2, -0.15) is 0 Å². The number of rotatable bonds is 6. The van der Waals surface area contributed by atoms with Crippen molar-refractivity contribution in [3.05, 3.63) is 52.1 Å². The molecule has 0 spiro atoms. The number of hydrogen-bond donors (Lipinski definition) is 2. The van der Waals surface area contributed by atoms with Gasteiger partial charge in [-0.25, -0.2) is 4.98 Å². The molecule has 3 N–H and O–H groups in total. The average molecular weight is 350 g/mol. The lowest BCUT2D eigenvalue weighted by Gasteiger charge is -2.21. The summed E-state index contributed by atoms with van der Waals surface area (Å²) < 4.78 is 6.21. The van der Waals surface area contributed by atoms with Crippen LogP contribution in [0.5, 0.6) is 5.75 Å². The van der Waals surface area contributed by atoms with Gasteiger partial charge in [0, 0.05) is 11.8 Å². The third-order valence-electron chi connectivity index (χ3n) is 3.29. The number of nitrogens with zero attached hydrogens (tertiary/aromatic N) is 1. The number of nitrogen functional groups attached to an aromatic ring is 1. The van der Waals surface area contributed by atoms with E-state index in [2.05, 4.69) is 39.2 Å². The Morgan fingerprint density at radius 1 is 1.38 bits per heavy atom. The zero-order chi connectivity index (χ0) is 15.2. The van der Waals surface area contributed by atoms with Gasteiger partial charge in [-0.3, -0.25) is 0 Å². The smallest absolute Gasteiger partial charge is 0.133 e. The van der Waals surface area contributed by atoms with Crippen LogP contribution in [-0.4, -0.2) is 18.6 Å². The fourth-order valence-electron chi connectivity index (χ4n) is 2.23. The van der Waals surface area contributed by atoms with Crippen molar-refractivity contribution in [1.29, 1.82) is 0 Å². The second kappa shape index (κ2) is 7.43. The molecule has 1 unspecified atom stereocenters. The van der Waals surface area contributed by atoms with E-state index in [0.717, 1.165) is 34.3 Å². The third kappa shape index (κ3) is 3.74. The van der Waals surface area contributed by atoms with E-state index in [0.29, 0.717) is 5.82 Å². The highest BCUT2D eigenvalue weighted by molar-refractivity contribution is 9.10. The molecule has 0 amide bonds. The predicted molar refractivity (Wildman–Crippen MR) is 89.5 cm³/mol. The molecule has 0 fully saturated rings. The molecule has 0 bridgehead atoms. The topological polar surface area (TPSA) is 60.2 Å². The van der Waals surface area contributed by atoms with Crippen molar-refractivity contribution in [1.82, 2.24) is 10.3 Å². The van der Waals surface area contributed by atoms with Crippen LogP contribution in [0.4, 0.5) is 5.82 Å². The summed E-state index contributed by atoms with van der Waals surface area (Å²) in [7, 11) is 1.66. The molecule has 4 nitrogen and oxygen atoms in total. The highest BCUT2D eigenvalue weighted by Crippen LogP contribution is 2.31. The molecular weight excluding hydrogens is 330 g/mol. The molecule has 0 radical (unpaired) electrons. The minimum atomic E-state index is 0.0147. The van der Waals surface area contributed by atoms with Gasteiger partial charge in [0.1, 0.15) is 11.6 Å². The standard InChI is InChI=1S/C16H20BrN3O/c1-3-8-19-15(12-5-4-9-20-16(12)18)11-6-7-14(21-2)13(17)10-11/h4-7,9-10,15,19H,3,8H2,1-2H3,(H2,18,20). The summed E-state index contributed by atoms with van der Waals surface area (Å²) in [6.45, 7) is 3.04. The molecule has 0 saturated heterocycles. The number of hydrogen-bond acceptors (Lipinski definition) is 4. The SMILES string of the molecule is CCCNC(c1ccc(OC)c(Br)c1)c1cccnc1N. The van der Waals surface area contributed by atoms with Crippen molar-refractivity contribution in [2.24, 2.45) is 0 Å². The molecule has 5 heteroatoms. The fraction of sp³-hybridized carbons (Fsp3) is 0.312. The van der Waals surface area contributed by atoms with Crippen LogP contribution in [0, 0.1) is 0 Å². The van der Waals surface area contributed by atoms with Crippen LogP contribution in [0.25, 0.3) is 0 Å². The van der Waals surface area contributed by atoms with Crippen molar-refractivity contribution in [2.75, 3.05) is 19.4 Å². The zero-order valence-corrected chi connectivity index (χ0v) is 13.9. The number of halogens is 1. The van der Waals surface area contributed by atoms with Crippen LogP contribution in [0.3, 0.4) is 0 Å². The molecule has 1 heterocycles. The summed E-state index contributed by atoms with van der Waals surface area (Å²) in [5, 5.41) is 3.53. The summed E-state index contributed by atoms with van der Waals surface area (Å²) in [6.07, 6.45) is 2.76. The molecule has 1 aromatic heterocycles. The monoisotopic (exact) mass is 349 g/mol. The lowest BCUT2D eigenvalue weighted by molar-refractivity contribution is 0.411. The first kappa shape index (κ1) is 15.8. The molecule has 0 aliphatic heterocycles. The Kier molecular flexibility index (Phi) is 5.59. The van der Waals surface area contributed by atoms with Crippen molar-refractivity contribution in [3.8, 4) is 5.75 Å². The number of aromatic nitrogens is 1. The van der Waals surface area contributed by atoms with E-state index in [-0.39, 0.29) is 6.04 Å². The van der Waals surface area contributed by atoms with E-state index in [1.165, 1.54) is 0 Å². The number of ether oxygens (including phenoxy) is 1. The minimum absolute atomic E-state index is 0.0147. The van der Waals surface area contributed by atoms with Crippen LogP contribution in [0.1, 0.15) is 30.5 Å². The first-order valence-corrected chi connectivity index (χ1v) is 7.73. The van der Waals surface area contributed by atoms with E-state index < -0.39 is 0 Å². The second-order valence-electron chi connectivity index (χ2n) is 4.76. The lowest BCUT2D eigenvalue weighted by atomic mass is 9.99. The van der Waals surface area contributed by atoms with Crippen molar-refractivity contribution >= 4 is 21.7 Å². The quantitative estimate of drug-likeness (QED) is 0.837. The van der Waals surface area contributed by atoms with E-state index in [1.54, 1.807) is 13.3 Å². The molecule has 21 heavy (non-hydrogen) atoms. The van der Waals surface area contributed by atoms with Crippen LogP contribution in [0.15, 0.2) is 41.0 Å². The first-order chi connectivity index (χ1) is 10.2. The molecule has 0 aliphatic rings. The Labute approximate surface area is 133 Å². The molecule has 0 aliphatic carbocycles. The maximum atomic E-state index is 6.04. The highest BCUT2D eigenvalue weighted by Gasteiger charge is 2.17. The second-order valence-corrected chi connectivity index (χ2v) is 5.61. The molecule has 112 valence electrons. The molecule has 2 aromatic rings. The van der Waals surface area contributed by atoms with Gasteiger partial charge in [0.05, 0.1) is 17.6 Å². The van der Waals surface area contributed by atoms with Gasteiger partial charge in [0.15, 0.2) is 0 Å². The van der Waals surface area contributed by atoms with E-state index in [1.807, 2.05) is 24.3 Å². The van der Waals surface area contributed by atoms with Crippen molar-refractivity contribution in [3.63, 3.8) is 0 Å². The van der Waals surface area contributed by atoms with Crippen LogP contribution in [0.2, 0.25) is 0 Å². The van der Waals surface area contributed by atoms with Gasteiger partial charge in [-0.15, -0.1) is 0 Å². The maximum Gasteiger partial charge on any atom is 0.133 e. The number of pyridine rings is 1. The van der Waals surface area contributed by atoms with E-state index in [9.17, 15) is 0 Å². The summed E-state index contributed by atoms with van der Waals surface area (Å²) in [6, 6.07) is 9.98. The van der Waals surface area contributed by atoms with Crippen LogP contribution < -0.4 is 15.8 Å². The summed E-state index contributed by atoms with van der Waals surface area (Å²) in [5.41, 5.74) is 8.15. The summed E-state index contributed by atoms with van der Waals surface area (Å²) in [4.78, 5) is 4.19. The van der Waals surface area contributed by atoms with E-state index in [4.69, 9.17) is 10.5 Å². The van der Waals surface area contributed by atoms with E-state index >= 15 is 0 Å². The number of benzene rings is 1. The minimum Gasteiger partial charge on any atom is -0.496 e. The number of methoxy groups -OCH3 is 1. The van der Waals surface area contributed by atoms with Gasteiger partial charge in [0.2, 0.25) is 0 Å². The maximum absolute atomic E-state index is 6.04. The summed E-state index contributed by atoms with van der Waals surface area (Å²) >= 11 is 3.54. The predicted octanol–water partition coefficient (Wildman–Crippen LogP) is 3.52. The Balaban J connectivity index is 2.40. The first-order valence-electron chi connectivity index (χ1n) is 6.94. The van der Waals surface area contributed by atoms with Crippen molar-refractivity contribution < 1.29 is 4.74 Å². The van der Waals surface area contributed by atoms with Gasteiger partial charge in [0.25, 0.3) is 0 Å². The normalized spacial score (nSPS) is 12.1. The highest BCUT2D eigenvalue weighted by atomic mass is 79.9. The Hall–Kier alpha value is -1.59. The Bertz CT molecular complexity index is 604. The number of nitrogens with two attached hydrogens (primary N) is 1. The number of nitrogens with one attached hydrogen (secondary N) is 1. The molecule has 1 atom stereocenters. The summed E-state index contributed by atoms with van der Waals surface area (Å²) in [5.74, 6) is 1.37. The van der Waals surface area contributed by atoms with Crippen molar-refractivity contribution in [2.45, 2.75) is 19.4 Å². The van der Waals surface area contributed by atoms with Crippen LogP contribution in [-0.2, 0) is 0 Å².